The zero-order valence-electron chi connectivity index (χ0n) is 17.6. The first-order chi connectivity index (χ1) is 15.0. The highest BCUT2D eigenvalue weighted by Gasteiger charge is 2.29. The summed E-state index contributed by atoms with van der Waals surface area (Å²) in [6.45, 7) is 6.06. The molecule has 0 amide bonds. The smallest absolute Gasteiger partial charge is 0.252 e. The van der Waals surface area contributed by atoms with Crippen LogP contribution in [0.25, 0.3) is 11.0 Å². The Balaban J connectivity index is 1.21. The predicted molar refractivity (Wildman–Crippen MR) is 122 cm³/mol. The molecule has 0 spiro atoms. The van der Waals surface area contributed by atoms with Crippen molar-refractivity contribution in [2.45, 2.75) is 44.9 Å². The fourth-order valence-electron chi connectivity index (χ4n) is 4.88. The van der Waals surface area contributed by atoms with Crippen LogP contribution in [0.4, 0.5) is 0 Å². The van der Waals surface area contributed by atoms with Crippen molar-refractivity contribution >= 4 is 22.6 Å². The molecule has 5 rings (SSSR count). The van der Waals surface area contributed by atoms with E-state index in [1.807, 2.05) is 17.7 Å². The molecule has 0 bridgehead atoms. The zero-order valence-corrected chi connectivity index (χ0v) is 18.3. The molecule has 2 aliphatic rings. The van der Waals surface area contributed by atoms with Crippen molar-refractivity contribution in [2.24, 2.45) is 0 Å². The molecular formula is C23H26ClN5O2. The van der Waals surface area contributed by atoms with Crippen molar-refractivity contribution in [1.82, 2.24) is 24.3 Å². The van der Waals surface area contributed by atoms with E-state index in [1.165, 1.54) is 0 Å². The van der Waals surface area contributed by atoms with Crippen molar-refractivity contribution in [1.29, 1.82) is 0 Å². The van der Waals surface area contributed by atoms with Crippen LogP contribution in [-0.2, 0) is 13.1 Å². The lowest BCUT2D eigenvalue weighted by Gasteiger charge is -2.34. The van der Waals surface area contributed by atoms with E-state index in [2.05, 4.69) is 21.3 Å². The largest absolute Gasteiger partial charge is 0.310 e. The van der Waals surface area contributed by atoms with Crippen LogP contribution in [0.3, 0.4) is 0 Å². The number of hydrogen-bond donors (Lipinski definition) is 1. The molecule has 1 fully saturated rings. The Kier molecular flexibility index (Phi) is 5.42. The van der Waals surface area contributed by atoms with E-state index < -0.39 is 0 Å². The summed E-state index contributed by atoms with van der Waals surface area (Å²) in [4.78, 5) is 31.6. The van der Waals surface area contributed by atoms with Crippen LogP contribution in [0, 0.1) is 6.92 Å². The molecule has 7 nitrogen and oxygen atoms in total. The van der Waals surface area contributed by atoms with E-state index in [0.29, 0.717) is 17.7 Å². The van der Waals surface area contributed by atoms with Crippen LogP contribution >= 0.6 is 11.6 Å². The molecule has 1 saturated heterocycles. The molecule has 0 unspecified atom stereocenters. The highest BCUT2D eigenvalue weighted by Crippen LogP contribution is 2.25. The number of pyridine rings is 3. The number of piperidine rings is 1. The fraction of sp³-hybridized carbons (Fsp3) is 0.435. The molecule has 31 heavy (non-hydrogen) atoms. The third-order valence-electron chi connectivity index (χ3n) is 6.54. The van der Waals surface area contributed by atoms with Crippen molar-refractivity contribution < 1.29 is 0 Å². The molecule has 0 aromatic carbocycles. The van der Waals surface area contributed by atoms with Gasteiger partial charge in [-0.25, -0.2) is 4.98 Å². The SMILES string of the molecule is Cc1cc(CNC2CCN(C[C@@H]3Cn4c(=O)ccc5ccc(=O)n3c54)CC2)cnc1Cl. The van der Waals surface area contributed by atoms with Gasteiger partial charge in [0.15, 0.2) is 0 Å². The summed E-state index contributed by atoms with van der Waals surface area (Å²) in [5, 5.41) is 5.13. The maximum Gasteiger partial charge on any atom is 0.252 e. The van der Waals surface area contributed by atoms with E-state index >= 15 is 0 Å². The lowest BCUT2D eigenvalue weighted by Crippen LogP contribution is -2.44. The van der Waals surface area contributed by atoms with Crippen LogP contribution in [0.2, 0.25) is 5.15 Å². The Hall–Kier alpha value is -2.48. The van der Waals surface area contributed by atoms with Gasteiger partial charge in [-0.2, -0.15) is 0 Å². The maximum absolute atomic E-state index is 12.6. The fourth-order valence-corrected chi connectivity index (χ4v) is 4.99. The van der Waals surface area contributed by atoms with E-state index in [0.717, 1.165) is 61.2 Å². The molecule has 162 valence electrons. The second kappa shape index (κ2) is 8.22. The van der Waals surface area contributed by atoms with Gasteiger partial charge >= 0.3 is 0 Å². The third kappa shape index (κ3) is 3.93. The number of likely N-dealkylation sites (tertiary alicyclic amines) is 1. The maximum atomic E-state index is 12.6. The number of rotatable bonds is 5. The minimum atomic E-state index is -0.0378. The highest BCUT2D eigenvalue weighted by atomic mass is 35.5. The number of halogens is 1. The summed E-state index contributed by atoms with van der Waals surface area (Å²) in [5.74, 6) is 0. The normalized spacial score (nSPS) is 19.4. The van der Waals surface area contributed by atoms with Gasteiger partial charge in [-0.05, 0) is 56.1 Å². The van der Waals surface area contributed by atoms with Gasteiger partial charge in [-0.15, -0.1) is 0 Å². The van der Waals surface area contributed by atoms with E-state index in [4.69, 9.17) is 11.6 Å². The summed E-state index contributed by atoms with van der Waals surface area (Å²) in [6.07, 6.45) is 3.94. The molecule has 3 aromatic rings. The zero-order chi connectivity index (χ0) is 21.5. The Labute approximate surface area is 185 Å². The van der Waals surface area contributed by atoms with E-state index in [9.17, 15) is 9.59 Å². The van der Waals surface area contributed by atoms with Crippen molar-refractivity contribution in [3.8, 4) is 0 Å². The standard InChI is InChI=1S/C23H26ClN5O2/c1-15-10-16(12-26-22(15)24)11-25-18-6-8-27(9-7-18)13-19-14-28-20(30)4-2-17-3-5-21(31)29(19)23(17)28/h2-5,10,12,18-19,25H,6-9,11,13-14H2,1H3/t19-/m1/s1. The molecular weight excluding hydrogens is 414 g/mol. The van der Waals surface area contributed by atoms with Crippen molar-refractivity contribution in [3.05, 3.63) is 73.5 Å². The molecule has 1 N–H and O–H groups in total. The van der Waals surface area contributed by atoms with Gasteiger partial charge in [0.1, 0.15) is 10.8 Å². The minimum absolute atomic E-state index is 0.000994. The predicted octanol–water partition coefficient (Wildman–Crippen LogP) is 2.33. The number of aryl methyl sites for hydroxylation is 1. The molecule has 1 atom stereocenters. The van der Waals surface area contributed by atoms with Gasteiger partial charge in [-0.1, -0.05) is 17.7 Å². The van der Waals surface area contributed by atoms with Gasteiger partial charge < -0.3 is 10.2 Å². The number of nitrogens with one attached hydrogen (secondary N) is 1. The topological polar surface area (TPSA) is 72.2 Å². The summed E-state index contributed by atoms with van der Waals surface area (Å²) in [7, 11) is 0. The van der Waals surface area contributed by atoms with Crippen LogP contribution in [-0.4, -0.2) is 44.7 Å². The van der Waals surface area contributed by atoms with Gasteiger partial charge in [-0.3, -0.25) is 18.7 Å². The Morgan fingerprint density at radius 3 is 2.61 bits per heavy atom. The quantitative estimate of drug-likeness (QED) is 0.618. The van der Waals surface area contributed by atoms with Crippen LogP contribution in [0.15, 0.2) is 46.1 Å². The second-order valence-electron chi connectivity index (χ2n) is 8.66. The van der Waals surface area contributed by atoms with Crippen LogP contribution < -0.4 is 16.4 Å². The minimum Gasteiger partial charge on any atom is -0.310 e. The van der Waals surface area contributed by atoms with Gasteiger partial charge in [0, 0.05) is 49.4 Å². The number of aromatic nitrogens is 3. The second-order valence-corrected chi connectivity index (χ2v) is 9.02. The Morgan fingerprint density at radius 1 is 1.13 bits per heavy atom. The molecule has 3 aromatic heterocycles. The summed E-state index contributed by atoms with van der Waals surface area (Å²) in [6, 6.07) is 9.35. The highest BCUT2D eigenvalue weighted by molar-refractivity contribution is 6.30. The Bertz CT molecular complexity index is 1240. The molecule has 8 heteroatoms. The van der Waals surface area contributed by atoms with E-state index in [-0.39, 0.29) is 17.2 Å². The van der Waals surface area contributed by atoms with Gasteiger partial charge in [0.25, 0.3) is 11.1 Å². The van der Waals surface area contributed by atoms with Crippen molar-refractivity contribution in [3.63, 3.8) is 0 Å². The summed E-state index contributed by atoms with van der Waals surface area (Å²) in [5.41, 5.74) is 2.83. The van der Waals surface area contributed by atoms with Crippen molar-refractivity contribution in [2.75, 3.05) is 19.6 Å². The number of nitrogens with zero attached hydrogens (tertiary/aromatic N) is 4. The molecule has 0 radical (unpaired) electrons. The van der Waals surface area contributed by atoms with Gasteiger partial charge in [0.2, 0.25) is 0 Å². The lowest BCUT2D eigenvalue weighted by atomic mass is 10.0. The first kappa shape index (κ1) is 20.4. The van der Waals surface area contributed by atoms with Crippen LogP contribution in [0.5, 0.6) is 0 Å². The van der Waals surface area contributed by atoms with Gasteiger partial charge in [0.05, 0.1) is 6.04 Å². The monoisotopic (exact) mass is 439 g/mol. The first-order valence-electron chi connectivity index (χ1n) is 10.8. The summed E-state index contributed by atoms with van der Waals surface area (Å²) < 4.78 is 3.56. The third-order valence-corrected chi connectivity index (χ3v) is 6.93. The molecule has 0 aliphatic carbocycles. The average Bonchev–Trinajstić information content (AvgIpc) is 3.15. The summed E-state index contributed by atoms with van der Waals surface area (Å²) >= 11 is 6.01. The molecule has 5 heterocycles. The Morgan fingerprint density at radius 2 is 1.87 bits per heavy atom. The average molecular weight is 440 g/mol. The van der Waals surface area contributed by atoms with E-state index in [1.54, 1.807) is 28.8 Å². The molecule has 2 aliphatic heterocycles. The first-order valence-corrected chi connectivity index (χ1v) is 11.2. The molecule has 0 saturated carbocycles. The lowest BCUT2D eigenvalue weighted by molar-refractivity contribution is 0.171. The van der Waals surface area contributed by atoms with Crippen LogP contribution in [0.1, 0.15) is 30.0 Å². The number of hydrogen-bond acceptors (Lipinski definition) is 5.